The van der Waals surface area contributed by atoms with E-state index < -0.39 is 23.4 Å². The van der Waals surface area contributed by atoms with Gasteiger partial charge in [-0.05, 0) is 42.9 Å². The molecule has 5 heteroatoms. The molecule has 1 aliphatic rings. The Morgan fingerprint density at radius 1 is 1.21 bits per heavy atom. The molecule has 0 radical (unpaired) electrons. The second-order valence-corrected chi connectivity index (χ2v) is 5.73. The van der Waals surface area contributed by atoms with E-state index in [0.717, 1.165) is 12.0 Å². The maximum atomic E-state index is 13.0. The molecule has 0 bridgehead atoms. The highest BCUT2D eigenvalue weighted by atomic mass is 35.5. The minimum atomic E-state index is -4.13. The van der Waals surface area contributed by atoms with Gasteiger partial charge in [0.1, 0.15) is 0 Å². The summed E-state index contributed by atoms with van der Waals surface area (Å²) < 4.78 is 39.1. The molecule has 3 atom stereocenters. The van der Waals surface area contributed by atoms with Crippen molar-refractivity contribution in [3.05, 3.63) is 30.1 Å². The quantitative estimate of drug-likeness (QED) is 0.742. The van der Waals surface area contributed by atoms with Gasteiger partial charge in [-0.15, -0.1) is 11.6 Å². The van der Waals surface area contributed by atoms with E-state index in [-0.39, 0.29) is 6.42 Å². The molecule has 0 aliphatic heterocycles. The summed E-state index contributed by atoms with van der Waals surface area (Å²) in [5.74, 6) is -1.71. The fraction of sp³-hybridized carbons (Fsp3) is 0.643. The molecule has 0 aromatic carbocycles. The molecule has 1 aromatic rings. The average molecular weight is 292 g/mol. The van der Waals surface area contributed by atoms with Crippen molar-refractivity contribution in [2.24, 2.45) is 11.8 Å². The zero-order valence-electron chi connectivity index (χ0n) is 10.5. The lowest BCUT2D eigenvalue weighted by molar-refractivity contribution is -0.196. The van der Waals surface area contributed by atoms with Gasteiger partial charge in [0.2, 0.25) is 0 Å². The fourth-order valence-electron chi connectivity index (χ4n) is 2.89. The van der Waals surface area contributed by atoms with Crippen LogP contribution in [0.25, 0.3) is 0 Å². The lowest BCUT2D eigenvalue weighted by atomic mass is 9.76. The predicted molar refractivity (Wildman–Crippen MR) is 69.1 cm³/mol. The summed E-state index contributed by atoms with van der Waals surface area (Å²) in [5.41, 5.74) is 0.946. The summed E-state index contributed by atoms with van der Waals surface area (Å²) >= 11 is 6.27. The first kappa shape index (κ1) is 14.6. The van der Waals surface area contributed by atoms with Gasteiger partial charge in [0, 0.05) is 17.8 Å². The molecule has 2 rings (SSSR count). The van der Waals surface area contributed by atoms with E-state index in [1.54, 1.807) is 24.5 Å². The first-order chi connectivity index (χ1) is 8.98. The second kappa shape index (κ2) is 6.12. The van der Waals surface area contributed by atoms with Gasteiger partial charge in [-0.3, -0.25) is 4.98 Å². The number of hydrogen-bond donors (Lipinski definition) is 0. The molecule has 1 saturated carbocycles. The van der Waals surface area contributed by atoms with Crippen LogP contribution in [0.5, 0.6) is 0 Å². The largest absolute Gasteiger partial charge is 0.392 e. The number of pyridine rings is 1. The van der Waals surface area contributed by atoms with Crippen LogP contribution in [0.2, 0.25) is 0 Å². The molecule has 0 N–H and O–H groups in total. The van der Waals surface area contributed by atoms with Crippen molar-refractivity contribution in [1.29, 1.82) is 0 Å². The van der Waals surface area contributed by atoms with E-state index in [1.807, 2.05) is 0 Å². The SMILES string of the molecule is FC(F)(F)C1CCCCC1C(Cl)Cc1ccncc1. The molecular weight excluding hydrogens is 275 g/mol. The number of hydrogen-bond acceptors (Lipinski definition) is 1. The predicted octanol–water partition coefficient (Wildman–Crippen LogP) is 4.60. The summed E-state index contributed by atoms with van der Waals surface area (Å²) in [6.45, 7) is 0. The fourth-order valence-corrected chi connectivity index (χ4v) is 3.37. The van der Waals surface area contributed by atoms with Crippen LogP contribution in [0.15, 0.2) is 24.5 Å². The summed E-state index contributed by atoms with van der Waals surface area (Å²) in [6, 6.07) is 3.61. The Hall–Kier alpha value is -0.770. The van der Waals surface area contributed by atoms with Crippen molar-refractivity contribution in [3.8, 4) is 0 Å². The molecule has 1 nitrogen and oxygen atoms in total. The van der Waals surface area contributed by atoms with Crippen LogP contribution in [0.4, 0.5) is 13.2 Å². The van der Waals surface area contributed by atoms with Crippen LogP contribution >= 0.6 is 11.6 Å². The summed E-state index contributed by atoms with van der Waals surface area (Å²) in [5, 5.41) is -0.464. The van der Waals surface area contributed by atoms with E-state index in [9.17, 15) is 13.2 Å². The third-order valence-corrected chi connectivity index (χ3v) is 4.36. The monoisotopic (exact) mass is 291 g/mol. The molecule has 0 amide bonds. The number of aromatic nitrogens is 1. The lowest BCUT2D eigenvalue weighted by Crippen LogP contribution is -2.38. The van der Waals surface area contributed by atoms with Crippen molar-refractivity contribution < 1.29 is 13.2 Å². The Morgan fingerprint density at radius 3 is 2.47 bits per heavy atom. The Labute approximate surface area is 116 Å². The van der Waals surface area contributed by atoms with Crippen LogP contribution in [0.1, 0.15) is 31.2 Å². The second-order valence-electron chi connectivity index (χ2n) is 5.17. The maximum absolute atomic E-state index is 13.0. The first-order valence-corrected chi connectivity index (χ1v) is 7.02. The number of nitrogens with zero attached hydrogens (tertiary/aromatic N) is 1. The van der Waals surface area contributed by atoms with Gasteiger partial charge in [0.25, 0.3) is 0 Å². The van der Waals surface area contributed by atoms with Crippen molar-refractivity contribution in [2.75, 3.05) is 0 Å². The Balaban J connectivity index is 2.05. The molecule has 3 unspecified atom stereocenters. The smallest absolute Gasteiger partial charge is 0.265 e. The van der Waals surface area contributed by atoms with E-state index in [0.29, 0.717) is 19.3 Å². The lowest BCUT2D eigenvalue weighted by Gasteiger charge is -2.35. The first-order valence-electron chi connectivity index (χ1n) is 6.58. The van der Waals surface area contributed by atoms with E-state index in [2.05, 4.69) is 4.98 Å². The molecule has 19 heavy (non-hydrogen) atoms. The van der Waals surface area contributed by atoms with E-state index in [4.69, 9.17) is 11.6 Å². The van der Waals surface area contributed by atoms with E-state index >= 15 is 0 Å². The highest BCUT2D eigenvalue weighted by Crippen LogP contribution is 2.44. The van der Waals surface area contributed by atoms with Gasteiger partial charge in [0.15, 0.2) is 0 Å². The van der Waals surface area contributed by atoms with Gasteiger partial charge in [-0.1, -0.05) is 12.8 Å². The van der Waals surface area contributed by atoms with Crippen molar-refractivity contribution in [3.63, 3.8) is 0 Å². The highest BCUT2D eigenvalue weighted by molar-refractivity contribution is 6.21. The molecule has 1 fully saturated rings. The number of alkyl halides is 4. The molecule has 0 saturated heterocycles. The highest BCUT2D eigenvalue weighted by Gasteiger charge is 2.47. The average Bonchev–Trinajstić information content (AvgIpc) is 2.39. The van der Waals surface area contributed by atoms with E-state index in [1.165, 1.54) is 0 Å². The summed E-state index contributed by atoms with van der Waals surface area (Å²) in [7, 11) is 0. The Morgan fingerprint density at radius 2 is 1.84 bits per heavy atom. The minimum Gasteiger partial charge on any atom is -0.265 e. The number of halogens is 4. The van der Waals surface area contributed by atoms with Gasteiger partial charge >= 0.3 is 6.18 Å². The normalized spacial score (nSPS) is 26.1. The van der Waals surface area contributed by atoms with Crippen LogP contribution in [-0.2, 0) is 6.42 Å². The standard InChI is InChI=1S/C14H17ClF3N/c15-13(9-10-5-7-19-8-6-10)11-3-1-2-4-12(11)14(16,17)18/h5-8,11-13H,1-4,9H2. The van der Waals surface area contributed by atoms with Crippen LogP contribution in [0.3, 0.4) is 0 Å². The van der Waals surface area contributed by atoms with Crippen LogP contribution in [-0.4, -0.2) is 16.5 Å². The van der Waals surface area contributed by atoms with Crippen molar-refractivity contribution in [2.45, 2.75) is 43.7 Å². The van der Waals surface area contributed by atoms with Gasteiger partial charge in [-0.2, -0.15) is 13.2 Å². The van der Waals surface area contributed by atoms with Crippen molar-refractivity contribution in [1.82, 2.24) is 4.98 Å². The maximum Gasteiger partial charge on any atom is 0.392 e. The van der Waals surface area contributed by atoms with Gasteiger partial charge in [0.05, 0.1) is 5.92 Å². The number of rotatable bonds is 3. The van der Waals surface area contributed by atoms with Gasteiger partial charge in [-0.25, -0.2) is 0 Å². The zero-order chi connectivity index (χ0) is 13.9. The zero-order valence-corrected chi connectivity index (χ0v) is 11.3. The summed E-state index contributed by atoms with van der Waals surface area (Å²) in [4.78, 5) is 3.90. The molecule has 106 valence electrons. The van der Waals surface area contributed by atoms with Crippen LogP contribution < -0.4 is 0 Å². The van der Waals surface area contributed by atoms with Crippen LogP contribution in [0, 0.1) is 11.8 Å². The minimum absolute atomic E-state index is 0.216. The van der Waals surface area contributed by atoms with Crippen molar-refractivity contribution >= 4 is 11.6 Å². The topological polar surface area (TPSA) is 12.9 Å². The Kier molecular flexibility index (Phi) is 4.71. The third-order valence-electron chi connectivity index (χ3n) is 3.88. The molecule has 1 aliphatic carbocycles. The molecule has 1 aromatic heterocycles. The summed E-state index contributed by atoms with van der Waals surface area (Å²) in [6.07, 6.45) is 1.91. The molecule has 1 heterocycles. The molecular formula is C14H17ClF3N. The van der Waals surface area contributed by atoms with Gasteiger partial charge < -0.3 is 0 Å². The Bertz CT molecular complexity index is 393. The third kappa shape index (κ3) is 3.85. The molecule has 0 spiro atoms.